The van der Waals surface area contributed by atoms with Gasteiger partial charge in [-0.1, -0.05) is 12.6 Å². The highest BCUT2D eigenvalue weighted by Crippen LogP contribution is 1.46. The van der Waals surface area contributed by atoms with Gasteiger partial charge in [0.15, 0.2) is 0 Å². The van der Waals surface area contributed by atoms with E-state index in [2.05, 4.69) is 12.6 Å². The van der Waals surface area contributed by atoms with Gasteiger partial charge in [-0.15, -0.1) is 0 Å². The number of nitrogens with zero attached hydrogens (tertiary/aromatic N) is 1. The third-order valence-electron chi connectivity index (χ3n) is 0. The summed E-state index contributed by atoms with van der Waals surface area (Å²) >= 11 is 3.09. The van der Waals surface area contributed by atoms with Gasteiger partial charge in [-0.2, -0.15) is 5.26 Å². The molecule has 0 aliphatic carbocycles. The standard InChI is InChI=1S/CHNS.Si/c2-1-3;/h3H;. The summed E-state index contributed by atoms with van der Waals surface area (Å²) < 4.78 is 0. The average molecular weight is 87.2 g/mol. The van der Waals surface area contributed by atoms with Crippen molar-refractivity contribution in [1.29, 1.82) is 5.26 Å². The quantitative estimate of drug-likeness (QED) is 0.251. The summed E-state index contributed by atoms with van der Waals surface area (Å²) in [5, 5.41) is 8.63. The fourth-order valence-electron chi connectivity index (χ4n) is 0. The van der Waals surface area contributed by atoms with E-state index in [1.54, 1.807) is 0 Å². The molecule has 0 saturated carbocycles. The molecule has 0 aliphatic rings. The first-order valence-corrected chi connectivity index (χ1v) is 0.894. The lowest BCUT2D eigenvalue weighted by Crippen LogP contribution is -0.961. The minimum Gasteiger partial charge on any atom is -0.185 e. The molecule has 0 aliphatic heterocycles. The maximum atomic E-state index is 7.18. The number of hydrogen-bond donors (Lipinski definition) is 1. The number of thiol groups is 1. The van der Waals surface area contributed by atoms with Crippen LogP contribution in [0.3, 0.4) is 0 Å². The highest BCUT2D eigenvalue weighted by molar-refractivity contribution is 7.85. The first-order chi connectivity index (χ1) is 1.41. The van der Waals surface area contributed by atoms with E-state index in [0.29, 0.717) is 0 Å². The minimum absolute atomic E-state index is 0. The molecule has 0 unspecified atom stereocenters. The highest BCUT2D eigenvalue weighted by atomic mass is 32.1. The summed E-state index contributed by atoms with van der Waals surface area (Å²) in [6.45, 7) is 0. The summed E-state index contributed by atoms with van der Waals surface area (Å²) in [4.78, 5) is 0. The Balaban J connectivity index is 0. The molecule has 3 heteroatoms. The third-order valence-corrected chi connectivity index (χ3v) is 0. The van der Waals surface area contributed by atoms with Gasteiger partial charge in [0.1, 0.15) is 5.40 Å². The normalized spacial score (nSPS) is 2.00. The van der Waals surface area contributed by atoms with Crippen LogP contribution in [-0.2, 0) is 0 Å². The maximum absolute atomic E-state index is 7.18. The molecule has 0 atom stereocenters. The fraction of sp³-hybridized carbons (Fsp3) is 0. The van der Waals surface area contributed by atoms with Crippen LogP contribution in [0.5, 0.6) is 0 Å². The lowest BCUT2D eigenvalue weighted by molar-refractivity contribution is 1.57. The molecule has 0 amide bonds. The number of hydrogen-bond acceptors (Lipinski definition) is 2. The van der Waals surface area contributed by atoms with Gasteiger partial charge in [-0.25, -0.2) is 0 Å². The van der Waals surface area contributed by atoms with Crippen LogP contribution >= 0.6 is 12.6 Å². The molecular formula is CHNSSi. The van der Waals surface area contributed by atoms with Crippen molar-refractivity contribution < 1.29 is 0 Å². The second-order valence-electron chi connectivity index (χ2n) is 0.100. The third kappa shape index (κ3) is 710. The lowest BCUT2D eigenvalue weighted by atomic mass is 11.8. The van der Waals surface area contributed by atoms with E-state index in [4.69, 9.17) is 5.26 Å². The smallest absolute Gasteiger partial charge is 0.130 e. The second-order valence-corrected chi connectivity index (χ2v) is 0.300. The lowest BCUT2D eigenvalue weighted by Gasteiger charge is -1.14. The molecule has 0 heterocycles. The summed E-state index contributed by atoms with van der Waals surface area (Å²) in [5.74, 6) is 0. The van der Waals surface area contributed by atoms with Crippen LogP contribution in [0.15, 0.2) is 0 Å². The predicted molar refractivity (Wildman–Crippen MR) is 20.4 cm³/mol. The Kier molecular flexibility index (Phi) is 25.9. The monoisotopic (exact) mass is 87.0 g/mol. The zero-order chi connectivity index (χ0) is 2.71. The highest BCUT2D eigenvalue weighted by Gasteiger charge is 1.18. The average Bonchev–Trinajstić information content (AvgIpc) is 0.918. The zero-order valence-corrected chi connectivity index (χ0v) is 3.79. The van der Waals surface area contributed by atoms with Crippen LogP contribution in [0.2, 0.25) is 0 Å². The van der Waals surface area contributed by atoms with Crippen LogP contribution in [-0.4, -0.2) is 11.0 Å². The van der Waals surface area contributed by atoms with Crippen LogP contribution in [0.25, 0.3) is 0 Å². The van der Waals surface area contributed by atoms with Crippen molar-refractivity contribution in [3.05, 3.63) is 0 Å². The predicted octanol–water partition coefficient (Wildman–Crippen LogP) is 0.0165. The molecule has 4 heavy (non-hydrogen) atoms. The van der Waals surface area contributed by atoms with Gasteiger partial charge < -0.3 is 0 Å². The van der Waals surface area contributed by atoms with Gasteiger partial charge >= 0.3 is 0 Å². The fourth-order valence-corrected chi connectivity index (χ4v) is 0. The summed E-state index contributed by atoms with van der Waals surface area (Å²) in [7, 11) is 0. The molecular weight excluding hydrogens is 86.2 g/mol. The van der Waals surface area contributed by atoms with Gasteiger partial charge in [-0.05, 0) is 0 Å². The Morgan fingerprint density at radius 3 is 1.75 bits per heavy atom. The molecule has 0 fully saturated rings. The van der Waals surface area contributed by atoms with E-state index in [1.165, 1.54) is 5.40 Å². The van der Waals surface area contributed by atoms with E-state index in [1.807, 2.05) is 0 Å². The summed E-state index contributed by atoms with van der Waals surface area (Å²) in [6, 6.07) is 0. The van der Waals surface area contributed by atoms with Gasteiger partial charge in [-0.3, -0.25) is 0 Å². The van der Waals surface area contributed by atoms with Crippen LogP contribution < -0.4 is 0 Å². The van der Waals surface area contributed by atoms with Gasteiger partial charge in [0.05, 0.1) is 0 Å². The molecule has 0 saturated heterocycles. The maximum Gasteiger partial charge on any atom is 0.130 e. The summed E-state index contributed by atoms with van der Waals surface area (Å²) in [5.41, 5.74) is 0. The Morgan fingerprint density at radius 1 is 1.75 bits per heavy atom. The Bertz CT molecular complexity index is 29.5. The van der Waals surface area contributed by atoms with Gasteiger partial charge in [0.2, 0.25) is 0 Å². The molecule has 0 N–H and O–H groups in total. The second kappa shape index (κ2) is 11.6. The molecule has 0 rings (SSSR count). The van der Waals surface area contributed by atoms with E-state index in [-0.39, 0.29) is 11.0 Å². The van der Waals surface area contributed by atoms with Crippen molar-refractivity contribution >= 4 is 23.6 Å². The van der Waals surface area contributed by atoms with E-state index in [0.717, 1.165) is 0 Å². The topological polar surface area (TPSA) is 23.8 Å². The Morgan fingerprint density at radius 2 is 1.75 bits per heavy atom. The SMILES string of the molecule is N#CS.[Si]. The van der Waals surface area contributed by atoms with Crippen LogP contribution in [0.4, 0.5) is 0 Å². The Labute approximate surface area is 35.1 Å². The minimum atomic E-state index is 0. The molecule has 1 nitrogen and oxygen atoms in total. The first-order valence-electron chi connectivity index (χ1n) is 0.447. The van der Waals surface area contributed by atoms with E-state index in [9.17, 15) is 0 Å². The van der Waals surface area contributed by atoms with Crippen molar-refractivity contribution in [2.45, 2.75) is 0 Å². The molecule has 4 radical (unpaired) electrons. The first kappa shape index (κ1) is 8.96. The van der Waals surface area contributed by atoms with Crippen LogP contribution in [0, 0.1) is 10.7 Å². The molecule has 0 spiro atoms. The summed E-state index contributed by atoms with van der Waals surface area (Å²) in [6.07, 6.45) is 0. The zero-order valence-electron chi connectivity index (χ0n) is 1.89. The Hall–Kier alpha value is 0.0569. The number of thiocyanates is 1. The van der Waals surface area contributed by atoms with E-state index >= 15 is 0 Å². The molecule has 0 aromatic rings. The molecule has 20 valence electrons. The van der Waals surface area contributed by atoms with Gasteiger partial charge in [0, 0.05) is 11.0 Å². The molecule has 0 aromatic carbocycles. The number of rotatable bonds is 0. The van der Waals surface area contributed by atoms with Crippen molar-refractivity contribution in [1.82, 2.24) is 0 Å². The van der Waals surface area contributed by atoms with Gasteiger partial charge in [0.25, 0.3) is 0 Å². The molecule has 0 aromatic heterocycles. The van der Waals surface area contributed by atoms with Crippen molar-refractivity contribution in [3.8, 4) is 5.40 Å². The van der Waals surface area contributed by atoms with Crippen molar-refractivity contribution in [3.63, 3.8) is 0 Å². The number of nitriles is 1. The van der Waals surface area contributed by atoms with E-state index < -0.39 is 0 Å². The van der Waals surface area contributed by atoms with Crippen molar-refractivity contribution in [2.75, 3.05) is 0 Å². The van der Waals surface area contributed by atoms with Crippen LogP contribution in [0.1, 0.15) is 0 Å². The molecule has 0 bridgehead atoms. The van der Waals surface area contributed by atoms with Crippen molar-refractivity contribution in [2.24, 2.45) is 0 Å². The largest absolute Gasteiger partial charge is 0.185 e.